The van der Waals surface area contributed by atoms with Crippen molar-refractivity contribution in [2.45, 2.75) is 32.1 Å². The third-order valence-corrected chi connectivity index (χ3v) is 3.29. The van der Waals surface area contributed by atoms with Crippen LogP contribution in [-0.4, -0.2) is 5.97 Å². The van der Waals surface area contributed by atoms with Gasteiger partial charge in [0.05, 0.1) is 5.92 Å². The van der Waals surface area contributed by atoms with Crippen molar-refractivity contribution in [2.75, 3.05) is 0 Å². The van der Waals surface area contributed by atoms with Crippen LogP contribution in [0.15, 0.2) is 36.9 Å². The molecule has 0 saturated heterocycles. The molecule has 0 amide bonds. The van der Waals surface area contributed by atoms with Gasteiger partial charge in [-0.25, -0.2) is 0 Å². The summed E-state index contributed by atoms with van der Waals surface area (Å²) in [7, 11) is 0. The van der Waals surface area contributed by atoms with E-state index in [1.54, 1.807) is 0 Å². The first kappa shape index (κ1) is 12.9. The van der Waals surface area contributed by atoms with Crippen LogP contribution in [0.2, 0.25) is 0 Å². The first-order valence-corrected chi connectivity index (χ1v) is 6.53. The topological polar surface area (TPSA) is 26.3 Å². The lowest BCUT2D eigenvalue weighted by atomic mass is 9.89. The second-order valence-corrected chi connectivity index (χ2v) is 4.70. The highest BCUT2D eigenvalue weighted by atomic mass is 16.5. The number of hydrogen-bond acceptors (Lipinski definition) is 2. The molecule has 95 valence electrons. The maximum absolute atomic E-state index is 11.9. The summed E-state index contributed by atoms with van der Waals surface area (Å²) in [6.45, 7) is 3.70. The first-order valence-electron chi connectivity index (χ1n) is 6.53. The number of carbonyl (C=O) groups is 1. The number of hydrogen-bond donors (Lipinski definition) is 0. The standard InChI is InChI=1S/C16H19O2/c1-2-6-13-9-11-15(12-10-13)18-16(17)14-7-4-3-5-8-14/h2-3,9-12,14H,1,4-8H2. The Kier molecular flexibility index (Phi) is 4.57. The molecule has 2 rings (SSSR count). The molecule has 0 bridgehead atoms. The molecular weight excluding hydrogens is 224 g/mol. The molecule has 1 aliphatic rings. The lowest BCUT2D eigenvalue weighted by molar-refractivity contribution is -0.139. The highest BCUT2D eigenvalue weighted by Crippen LogP contribution is 2.25. The normalized spacial score (nSPS) is 16.2. The van der Waals surface area contributed by atoms with Crippen LogP contribution < -0.4 is 4.74 Å². The fraction of sp³-hybridized carbons (Fsp3) is 0.375. The summed E-state index contributed by atoms with van der Waals surface area (Å²) in [6.07, 6.45) is 8.84. The van der Waals surface area contributed by atoms with E-state index in [9.17, 15) is 4.79 Å². The predicted molar refractivity (Wildman–Crippen MR) is 72.2 cm³/mol. The monoisotopic (exact) mass is 243 g/mol. The van der Waals surface area contributed by atoms with Crippen LogP contribution in [0.5, 0.6) is 5.75 Å². The van der Waals surface area contributed by atoms with E-state index in [1.807, 2.05) is 30.3 Å². The van der Waals surface area contributed by atoms with Crippen LogP contribution in [0, 0.1) is 12.3 Å². The van der Waals surface area contributed by atoms with E-state index in [1.165, 1.54) is 5.56 Å². The molecule has 0 aliphatic heterocycles. The summed E-state index contributed by atoms with van der Waals surface area (Å²) in [5.41, 5.74) is 1.18. The van der Waals surface area contributed by atoms with Crippen LogP contribution >= 0.6 is 0 Å². The minimum atomic E-state index is -0.0837. The number of rotatable bonds is 4. The minimum absolute atomic E-state index is 0.0721. The Morgan fingerprint density at radius 2 is 1.94 bits per heavy atom. The van der Waals surface area contributed by atoms with E-state index in [2.05, 4.69) is 13.0 Å². The Hall–Kier alpha value is -1.57. The number of carbonyl (C=O) groups excluding carboxylic acids is 1. The molecule has 0 aromatic heterocycles. The van der Waals surface area contributed by atoms with Crippen LogP contribution in [0.25, 0.3) is 0 Å². The Labute approximate surface area is 109 Å². The number of ether oxygens (including phenoxy) is 1. The molecule has 1 aromatic rings. The molecule has 0 N–H and O–H groups in total. The zero-order valence-corrected chi connectivity index (χ0v) is 10.6. The van der Waals surface area contributed by atoms with Crippen molar-refractivity contribution < 1.29 is 9.53 Å². The van der Waals surface area contributed by atoms with Crippen molar-refractivity contribution in [3.8, 4) is 5.75 Å². The van der Waals surface area contributed by atoms with Gasteiger partial charge in [0, 0.05) is 0 Å². The van der Waals surface area contributed by atoms with Gasteiger partial charge in [-0.2, -0.15) is 0 Å². The lowest BCUT2D eigenvalue weighted by Crippen LogP contribution is -2.22. The van der Waals surface area contributed by atoms with Gasteiger partial charge in [-0.1, -0.05) is 18.2 Å². The largest absolute Gasteiger partial charge is 0.426 e. The summed E-state index contributed by atoms with van der Waals surface area (Å²) < 4.78 is 5.41. The average molecular weight is 243 g/mol. The third kappa shape index (κ3) is 3.46. The van der Waals surface area contributed by atoms with Crippen molar-refractivity contribution in [2.24, 2.45) is 5.92 Å². The van der Waals surface area contributed by atoms with E-state index >= 15 is 0 Å². The summed E-state index contributed by atoms with van der Waals surface area (Å²) in [5, 5.41) is 0. The second kappa shape index (κ2) is 6.39. The van der Waals surface area contributed by atoms with Crippen molar-refractivity contribution in [1.82, 2.24) is 0 Å². The Bertz CT molecular complexity index is 400. The van der Waals surface area contributed by atoms with Crippen molar-refractivity contribution in [3.63, 3.8) is 0 Å². The van der Waals surface area contributed by atoms with Crippen LogP contribution in [0.4, 0.5) is 0 Å². The maximum atomic E-state index is 11.9. The van der Waals surface area contributed by atoms with Gasteiger partial charge >= 0.3 is 5.97 Å². The second-order valence-electron chi connectivity index (χ2n) is 4.70. The van der Waals surface area contributed by atoms with E-state index in [-0.39, 0.29) is 11.9 Å². The van der Waals surface area contributed by atoms with Crippen molar-refractivity contribution in [1.29, 1.82) is 0 Å². The van der Waals surface area contributed by atoms with Crippen molar-refractivity contribution in [3.05, 3.63) is 48.9 Å². The molecule has 1 saturated carbocycles. The van der Waals surface area contributed by atoms with Gasteiger partial charge in [0.25, 0.3) is 0 Å². The molecule has 2 heteroatoms. The SMILES string of the molecule is C=CCc1ccc(OC(=O)C2CC[CH]CC2)cc1. The highest BCUT2D eigenvalue weighted by Gasteiger charge is 2.22. The summed E-state index contributed by atoms with van der Waals surface area (Å²) in [5.74, 6) is 0.629. The molecule has 1 aromatic carbocycles. The summed E-state index contributed by atoms with van der Waals surface area (Å²) in [6, 6.07) is 7.65. The molecule has 0 atom stereocenters. The molecule has 1 radical (unpaired) electrons. The van der Waals surface area contributed by atoms with E-state index in [0.717, 1.165) is 32.1 Å². The molecular formula is C16H19O2. The summed E-state index contributed by atoms with van der Waals surface area (Å²) in [4.78, 5) is 11.9. The molecule has 0 heterocycles. The van der Waals surface area contributed by atoms with E-state index in [4.69, 9.17) is 4.74 Å². The highest BCUT2D eigenvalue weighted by molar-refractivity contribution is 5.75. The molecule has 2 nitrogen and oxygen atoms in total. The van der Waals surface area contributed by atoms with Gasteiger partial charge in [0.1, 0.15) is 5.75 Å². The first-order chi connectivity index (χ1) is 8.79. The smallest absolute Gasteiger partial charge is 0.314 e. The van der Waals surface area contributed by atoms with Gasteiger partial charge in [-0.15, -0.1) is 6.58 Å². The third-order valence-electron chi connectivity index (χ3n) is 3.29. The Balaban J connectivity index is 1.91. The van der Waals surface area contributed by atoms with Crippen molar-refractivity contribution >= 4 is 5.97 Å². The number of allylic oxidation sites excluding steroid dienone is 1. The van der Waals surface area contributed by atoms with Crippen LogP contribution in [-0.2, 0) is 11.2 Å². The van der Waals surface area contributed by atoms with Crippen LogP contribution in [0.1, 0.15) is 31.2 Å². The average Bonchev–Trinajstić information content (AvgIpc) is 2.42. The molecule has 1 aliphatic carbocycles. The number of esters is 1. The fourth-order valence-corrected chi connectivity index (χ4v) is 2.22. The molecule has 1 fully saturated rings. The zero-order valence-electron chi connectivity index (χ0n) is 10.6. The van der Waals surface area contributed by atoms with Gasteiger partial charge in [0.15, 0.2) is 0 Å². The van der Waals surface area contributed by atoms with E-state index < -0.39 is 0 Å². The minimum Gasteiger partial charge on any atom is -0.426 e. The Morgan fingerprint density at radius 3 is 2.56 bits per heavy atom. The van der Waals surface area contributed by atoms with Gasteiger partial charge in [0.2, 0.25) is 0 Å². The Morgan fingerprint density at radius 1 is 1.28 bits per heavy atom. The van der Waals surface area contributed by atoms with Gasteiger partial charge in [-0.3, -0.25) is 4.79 Å². The summed E-state index contributed by atoms with van der Waals surface area (Å²) >= 11 is 0. The van der Waals surface area contributed by atoms with Gasteiger partial charge in [-0.05, 0) is 56.2 Å². The maximum Gasteiger partial charge on any atom is 0.314 e. The van der Waals surface area contributed by atoms with Gasteiger partial charge < -0.3 is 4.74 Å². The molecule has 18 heavy (non-hydrogen) atoms. The zero-order chi connectivity index (χ0) is 12.8. The number of benzene rings is 1. The van der Waals surface area contributed by atoms with Crippen LogP contribution in [0.3, 0.4) is 0 Å². The lowest BCUT2D eigenvalue weighted by Gasteiger charge is -2.19. The molecule has 0 spiro atoms. The predicted octanol–water partition coefficient (Wildman–Crippen LogP) is 3.71. The molecule has 0 unspecified atom stereocenters. The quantitative estimate of drug-likeness (QED) is 0.458. The van der Waals surface area contributed by atoms with E-state index in [0.29, 0.717) is 5.75 Å². The fourth-order valence-electron chi connectivity index (χ4n) is 2.22.